The summed E-state index contributed by atoms with van der Waals surface area (Å²) in [7, 11) is 0. The van der Waals surface area contributed by atoms with E-state index in [0.717, 1.165) is 37.8 Å². The molecule has 2 aromatic carbocycles. The van der Waals surface area contributed by atoms with E-state index >= 15 is 4.39 Å². The van der Waals surface area contributed by atoms with Crippen molar-refractivity contribution in [2.75, 3.05) is 13.1 Å². The highest BCUT2D eigenvalue weighted by molar-refractivity contribution is 6.31. The van der Waals surface area contributed by atoms with Crippen molar-refractivity contribution < 1.29 is 4.39 Å². The van der Waals surface area contributed by atoms with Crippen LogP contribution in [0.15, 0.2) is 53.5 Å². The number of aryl methyl sites for hydroxylation is 1. The first-order valence-corrected chi connectivity index (χ1v) is 14.9. The Kier molecular flexibility index (Phi) is 9.25. The van der Waals surface area contributed by atoms with E-state index in [4.69, 9.17) is 28.5 Å². The molecule has 11 heteroatoms. The molecule has 1 saturated carbocycles. The number of aromatic nitrogens is 3. The van der Waals surface area contributed by atoms with Crippen molar-refractivity contribution in [3.63, 3.8) is 0 Å². The standard InChI is InChI=1S/C31H38ClFN8O/c1-18(34)4-2-5-19-14-24(27(33)25(32)15-19)26-16-22-17-41(31(42)40-29(22)39-26)23-10-8-21(9-11-23)28(20-6-7-20)37-12-3-13-38-30(35)36/h8-11,14-18,20,28,37H,2-7,12-13,34H2,1H3,(H4,35,36,38)(H,39,40,42)/t18-,28?/m0/s1. The van der Waals surface area contributed by atoms with Crippen LogP contribution in [0.5, 0.6) is 0 Å². The van der Waals surface area contributed by atoms with Gasteiger partial charge in [-0.15, -0.1) is 0 Å². The topological polar surface area (TPSA) is 151 Å². The Balaban J connectivity index is 1.35. The largest absolute Gasteiger partial charge is 0.370 e. The summed E-state index contributed by atoms with van der Waals surface area (Å²) < 4.78 is 16.6. The molecule has 0 radical (unpaired) electrons. The van der Waals surface area contributed by atoms with Gasteiger partial charge in [0, 0.05) is 35.8 Å². The molecule has 222 valence electrons. The number of hydrogen-bond acceptors (Lipinski definition) is 5. The first-order valence-electron chi connectivity index (χ1n) is 14.5. The van der Waals surface area contributed by atoms with Crippen molar-refractivity contribution in [1.29, 1.82) is 5.41 Å². The summed E-state index contributed by atoms with van der Waals surface area (Å²) in [5.74, 6) is 0.0591. The molecular weight excluding hydrogens is 555 g/mol. The number of nitrogens with one attached hydrogen (secondary N) is 4. The fourth-order valence-corrected chi connectivity index (χ4v) is 5.58. The highest BCUT2D eigenvalue weighted by Gasteiger charge is 2.31. The van der Waals surface area contributed by atoms with Crippen LogP contribution < -0.4 is 27.8 Å². The molecule has 1 unspecified atom stereocenters. The molecule has 2 aromatic heterocycles. The molecule has 1 aliphatic carbocycles. The minimum Gasteiger partial charge on any atom is -0.370 e. The molecule has 0 bridgehead atoms. The first kappa shape index (κ1) is 29.8. The van der Waals surface area contributed by atoms with Crippen LogP contribution in [-0.2, 0) is 6.42 Å². The number of nitrogens with zero attached hydrogens (tertiary/aromatic N) is 2. The monoisotopic (exact) mass is 592 g/mol. The van der Waals surface area contributed by atoms with E-state index in [0.29, 0.717) is 40.4 Å². The summed E-state index contributed by atoms with van der Waals surface area (Å²) in [5.41, 5.74) is 14.8. The molecule has 0 spiro atoms. The lowest BCUT2D eigenvalue weighted by Gasteiger charge is -2.19. The van der Waals surface area contributed by atoms with Gasteiger partial charge in [-0.2, -0.15) is 4.98 Å². The highest BCUT2D eigenvalue weighted by Crippen LogP contribution is 2.41. The fraction of sp³-hybridized carbons (Fsp3) is 0.387. The van der Waals surface area contributed by atoms with Crippen molar-refractivity contribution in [2.45, 2.75) is 57.5 Å². The average Bonchev–Trinajstić information content (AvgIpc) is 3.71. The SMILES string of the molecule is C[C@H](N)CCCc1cc(Cl)c(F)c(-c2cc3cn(-c4ccc(C(NCCCNC(=N)N)C5CC5)cc4)c(=O)nc3[nH]2)c1. The van der Waals surface area contributed by atoms with E-state index in [1.165, 1.54) is 23.0 Å². The number of halogens is 2. The highest BCUT2D eigenvalue weighted by atomic mass is 35.5. The van der Waals surface area contributed by atoms with Gasteiger partial charge in [0.15, 0.2) is 11.8 Å². The van der Waals surface area contributed by atoms with E-state index in [-0.39, 0.29) is 23.1 Å². The second kappa shape index (κ2) is 13.1. The van der Waals surface area contributed by atoms with Gasteiger partial charge in [0.25, 0.3) is 0 Å². The van der Waals surface area contributed by atoms with Gasteiger partial charge in [-0.1, -0.05) is 23.7 Å². The Morgan fingerprint density at radius 3 is 2.67 bits per heavy atom. The number of H-pyrrole nitrogens is 1. The maximum absolute atomic E-state index is 15.1. The zero-order chi connectivity index (χ0) is 29.8. The van der Waals surface area contributed by atoms with Gasteiger partial charge < -0.3 is 27.1 Å². The van der Waals surface area contributed by atoms with Crippen LogP contribution in [-0.4, -0.2) is 39.6 Å². The van der Waals surface area contributed by atoms with Crippen molar-refractivity contribution in [2.24, 2.45) is 17.4 Å². The van der Waals surface area contributed by atoms with Gasteiger partial charge in [-0.3, -0.25) is 9.98 Å². The van der Waals surface area contributed by atoms with Gasteiger partial charge >= 0.3 is 5.69 Å². The molecule has 42 heavy (non-hydrogen) atoms. The molecule has 0 saturated heterocycles. The molecule has 1 fully saturated rings. The Labute approximate surface area is 249 Å². The molecule has 8 N–H and O–H groups in total. The van der Waals surface area contributed by atoms with Crippen LogP contribution in [0.1, 0.15) is 56.2 Å². The van der Waals surface area contributed by atoms with Crippen LogP contribution in [0.25, 0.3) is 28.0 Å². The van der Waals surface area contributed by atoms with Crippen LogP contribution >= 0.6 is 11.6 Å². The van der Waals surface area contributed by atoms with Crippen molar-refractivity contribution in [3.8, 4) is 16.9 Å². The van der Waals surface area contributed by atoms with Gasteiger partial charge in [-0.05, 0) is 99.4 Å². The zero-order valence-electron chi connectivity index (χ0n) is 23.7. The van der Waals surface area contributed by atoms with Crippen LogP contribution in [0, 0.1) is 17.1 Å². The van der Waals surface area contributed by atoms with E-state index < -0.39 is 11.5 Å². The fourth-order valence-electron chi connectivity index (χ4n) is 5.34. The van der Waals surface area contributed by atoms with E-state index in [9.17, 15) is 4.79 Å². The number of fused-ring (bicyclic) bond motifs is 1. The molecule has 5 rings (SSSR count). The lowest BCUT2D eigenvalue weighted by atomic mass is 10.0. The Bertz CT molecular complexity index is 1610. The summed E-state index contributed by atoms with van der Waals surface area (Å²) in [6, 6.07) is 13.5. The molecule has 9 nitrogen and oxygen atoms in total. The smallest absolute Gasteiger partial charge is 0.354 e. The third kappa shape index (κ3) is 7.18. The molecule has 0 aliphatic heterocycles. The number of aromatic amines is 1. The summed E-state index contributed by atoms with van der Waals surface area (Å²) in [6.45, 7) is 3.42. The summed E-state index contributed by atoms with van der Waals surface area (Å²) in [4.78, 5) is 20.4. The number of guanidine groups is 1. The predicted octanol–water partition coefficient (Wildman–Crippen LogP) is 4.76. The summed E-state index contributed by atoms with van der Waals surface area (Å²) in [5, 5.41) is 14.5. The summed E-state index contributed by atoms with van der Waals surface area (Å²) in [6.07, 6.45) is 7.43. The van der Waals surface area contributed by atoms with Gasteiger partial charge in [0.2, 0.25) is 0 Å². The van der Waals surface area contributed by atoms with Crippen LogP contribution in [0.4, 0.5) is 4.39 Å². The minimum absolute atomic E-state index is 0.0161. The Hall–Kier alpha value is -3.73. The maximum atomic E-state index is 15.1. The third-order valence-corrected chi connectivity index (χ3v) is 7.94. The lowest BCUT2D eigenvalue weighted by molar-refractivity contribution is 0.474. The van der Waals surface area contributed by atoms with Crippen molar-refractivity contribution in [3.05, 3.63) is 81.1 Å². The van der Waals surface area contributed by atoms with E-state index in [2.05, 4.69) is 20.6 Å². The molecule has 4 aromatic rings. The van der Waals surface area contributed by atoms with Crippen LogP contribution in [0.3, 0.4) is 0 Å². The van der Waals surface area contributed by atoms with E-state index in [1.54, 1.807) is 24.4 Å². The lowest BCUT2D eigenvalue weighted by Crippen LogP contribution is -2.33. The van der Waals surface area contributed by atoms with Crippen molar-refractivity contribution >= 4 is 28.6 Å². The van der Waals surface area contributed by atoms with Gasteiger partial charge in [0.1, 0.15) is 5.65 Å². The Morgan fingerprint density at radius 1 is 1.21 bits per heavy atom. The molecular formula is C31H38ClFN8O. The normalized spacial score (nSPS) is 14.7. The maximum Gasteiger partial charge on any atom is 0.354 e. The van der Waals surface area contributed by atoms with Gasteiger partial charge in [-0.25, -0.2) is 9.18 Å². The quantitative estimate of drug-likeness (QED) is 0.0748. The first-order chi connectivity index (χ1) is 20.2. The van der Waals surface area contributed by atoms with Gasteiger partial charge in [0.05, 0.1) is 16.4 Å². The number of rotatable bonds is 13. The minimum atomic E-state index is -0.515. The predicted molar refractivity (Wildman–Crippen MR) is 167 cm³/mol. The number of benzene rings is 2. The molecule has 2 heterocycles. The number of hydrogen-bond donors (Lipinski definition) is 6. The molecule has 2 atom stereocenters. The second-order valence-corrected chi connectivity index (χ2v) is 11.7. The van der Waals surface area contributed by atoms with Crippen LogP contribution in [0.2, 0.25) is 5.02 Å². The third-order valence-electron chi connectivity index (χ3n) is 7.67. The van der Waals surface area contributed by atoms with Crippen molar-refractivity contribution in [1.82, 2.24) is 25.2 Å². The Morgan fingerprint density at radius 2 is 1.98 bits per heavy atom. The molecule has 0 amide bonds. The average molecular weight is 593 g/mol. The van der Waals surface area contributed by atoms with E-state index in [1.807, 2.05) is 31.2 Å². The number of nitrogens with two attached hydrogens (primary N) is 2. The summed E-state index contributed by atoms with van der Waals surface area (Å²) >= 11 is 6.25. The zero-order valence-corrected chi connectivity index (χ0v) is 24.5. The second-order valence-electron chi connectivity index (χ2n) is 11.2. The molecule has 1 aliphatic rings.